The molecule has 0 unspecified atom stereocenters. The summed E-state index contributed by atoms with van der Waals surface area (Å²) < 4.78 is 17.2. The zero-order chi connectivity index (χ0) is 20.0. The second-order valence-corrected chi connectivity index (χ2v) is 7.76. The number of rotatable bonds is 5. The van der Waals surface area contributed by atoms with Crippen LogP contribution in [0.25, 0.3) is 10.9 Å². The van der Waals surface area contributed by atoms with Gasteiger partial charge in [-0.15, -0.1) is 0 Å². The van der Waals surface area contributed by atoms with Crippen molar-refractivity contribution in [3.63, 3.8) is 0 Å². The van der Waals surface area contributed by atoms with E-state index in [4.69, 9.17) is 4.84 Å². The van der Waals surface area contributed by atoms with Crippen LogP contribution in [0.15, 0.2) is 52.1 Å². The van der Waals surface area contributed by atoms with Gasteiger partial charge in [0.05, 0.1) is 16.6 Å². The minimum absolute atomic E-state index is 0.0223. The Labute approximate surface area is 166 Å². The van der Waals surface area contributed by atoms with Gasteiger partial charge in [0.15, 0.2) is 0 Å². The Bertz CT molecular complexity index is 1180. The van der Waals surface area contributed by atoms with Crippen LogP contribution >= 0.6 is 0 Å². The molecule has 6 nitrogen and oxygen atoms in total. The van der Waals surface area contributed by atoms with Crippen LogP contribution < -0.4 is 21.0 Å². The van der Waals surface area contributed by atoms with E-state index in [0.717, 1.165) is 49.1 Å². The molecule has 5 rings (SSSR count). The number of hydrogen-bond acceptors (Lipinski definition) is 4. The first-order valence-corrected chi connectivity index (χ1v) is 10.1. The van der Waals surface area contributed by atoms with Crippen molar-refractivity contribution in [2.75, 3.05) is 18.0 Å². The largest absolute Gasteiger partial charge is 0.401 e. The van der Waals surface area contributed by atoms with E-state index in [1.807, 2.05) is 35.2 Å². The summed E-state index contributed by atoms with van der Waals surface area (Å²) in [4.78, 5) is 33.7. The zero-order valence-electron chi connectivity index (χ0n) is 16.0. The van der Waals surface area contributed by atoms with E-state index >= 15 is 0 Å². The third kappa shape index (κ3) is 3.20. The second-order valence-electron chi connectivity index (χ2n) is 7.76. The Morgan fingerprint density at radius 3 is 2.45 bits per heavy atom. The molecule has 2 fully saturated rings. The average Bonchev–Trinajstić information content (AvgIpc) is 3.41. The molecule has 1 aliphatic heterocycles. The van der Waals surface area contributed by atoms with Crippen LogP contribution in [-0.4, -0.2) is 22.4 Å². The van der Waals surface area contributed by atoms with Gasteiger partial charge in [-0.1, -0.05) is 35.1 Å². The van der Waals surface area contributed by atoms with E-state index in [-0.39, 0.29) is 18.0 Å². The number of anilines is 1. The van der Waals surface area contributed by atoms with Crippen molar-refractivity contribution in [3.8, 4) is 0 Å². The molecule has 29 heavy (non-hydrogen) atoms. The van der Waals surface area contributed by atoms with E-state index < -0.39 is 17.1 Å². The van der Waals surface area contributed by atoms with Gasteiger partial charge in [-0.05, 0) is 43.4 Å². The lowest BCUT2D eigenvalue weighted by Gasteiger charge is -2.20. The van der Waals surface area contributed by atoms with Gasteiger partial charge >= 0.3 is 5.69 Å². The predicted molar refractivity (Wildman–Crippen MR) is 109 cm³/mol. The van der Waals surface area contributed by atoms with Gasteiger partial charge < -0.3 is 9.74 Å². The van der Waals surface area contributed by atoms with Crippen LogP contribution in [0.1, 0.15) is 37.3 Å². The topological polar surface area (TPSA) is 56.5 Å². The summed E-state index contributed by atoms with van der Waals surface area (Å²) in [5.41, 5.74) is 0.675. The summed E-state index contributed by atoms with van der Waals surface area (Å²) in [6.45, 7) is 1.65. The van der Waals surface area contributed by atoms with E-state index in [1.54, 1.807) is 10.6 Å². The summed E-state index contributed by atoms with van der Waals surface area (Å²) in [5, 5.41) is 0.171. The monoisotopic (exact) mass is 395 g/mol. The highest BCUT2D eigenvalue weighted by molar-refractivity contribution is 5.82. The summed E-state index contributed by atoms with van der Waals surface area (Å²) in [6, 6.07) is 12.3. The van der Waals surface area contributed by atoms with Crippen LogP contribution in [0.4, 0.5) is 10.1 Å². The molecule has 2 aliphatic rings. The Morgan fingerprint density at radius 2 is 1.76 bits per heavy atom. The Hall–Kier alpha value is -3.09. The van der Waals surface area contributed by atoms with Crippen molar-refractivity contribution in [1.29, 1.82) is 0 Å². The minimum Gasteiger partial charge on any atom is -0.401 e. The van der Waals surface area contributed by atoms with Gasteiger partial charge in [-0.25, -0.2) is 9.18 Å². The number of fused-ring (bicyclic) bond motifs is 1. The van der Waals surface area contributed by atoms with Gasteiger partial charge in [-0.3, -0.25) is 9.36 Å². The molecule has 0 atom stereocenters. The molecule has 0 bridgehead atoms. The third-order valence-electron chi connectivity index (χ3n) is 5.68. The normalized spacial score (nSPS) is 16.5. The molecular weight excluding hydrogens is 373 g/mol. The smallest absolute Gasteiger partial charge is 0.365 e. The first-order chi connectivity index (χ1) is 14.1. The molecule has 0 spiro atoms. The molecule has 0 amide bonds. The van der Waals surface area contributed by atoms with Crippen molar-refractivity contribution in [1.82, 2.24) is 9.30 Å². The van der Waals surface area contributed by atoms with Crippen LogP contribution in [0.2, 0.25) is 0 Å². The average molecular weight is 395 g/mol. The maximum Gasteiger partial charge on any atom is 0.365 e. The molecule has 3 aromatic rings. The number of aromatic nitrogens is 2. The number of benzene rings is 2. The quantitative estimate of drug-likeness (QED) is 0.667. The van der Waals surface area contributed by atoms with Crippen molar-refractivity contribution in [2.45, 2.75) is 38.3 Å². The second kappa shape index (κ2) is 7.06. The van der Waals surface area contributed by atoms with Crippen LogP contribution in [0.3, 0.4) is 0 Å². The highest BCUT2D eigenvalue weighted by Crippen LogP contribution is 2.36. The van der Waals surface area contributed by atoms with E-state index in [9.17, 15) is 14.0 Å². The van der Waals surface area contributed by atoms with E-state index in [0.29, 0.717) is 11.2 Å². The molecule has 0 N–H and O–H groups in total. The van der Waals surface area contributed by atoms with Gasteiger partial charge in [0.2, 0.25) is 0 Å². The maximum atomic E-state index is 14.9. The molecule has 7 heteroatoms. The Kier molecular flexibility index (Phi) is 4.38. The summed E-state index contributed by atoms with van der Waals surface area (Å²) in [5.74, 6) is -0.438. The van der Waals surface area contributed by atoms with Crippen LogP contribution in [-0.2, 0) is 6.61 Å². The molecule has 1 aliphatic carbocycles. The first-order valence-electron chi connectivity index (χ1n) is 10.1. The molecule has 1 saturated heterocycles. The van der Waals surface area contributed by atoms with Gasteiger partial charge in [-0.2, -0.15) is 0 Å². The van der Waals surface area contributed by atoms with Crippen molar-refractivity contribution >= 4 is 16.6 Å². The van der Waals surface area contributed by atoms with Gasteiger partial charge in [0.25, 0.3) is 5.56 Å². The van der Waals surface area contributed by atoms with Crippen LogP contribution in [0, 0.1) is 5.82 Å². The van der Waals surface area contributed by atoms with Crippen molar-refractivity contribution in [2.24, 2.45) is 0 Å². The van der Waals surface area contributed by atoms with Gasteiger partial charge in [0, 0.05) is 19.1 Å². The van der Waals surface area contributed by atoms with E-state index in [2.05, 4.69) is 0 Å². The predicted octanol–water partition coefficient (Wildman–Crippen LogP) is 2.87. The fourth-order valence-electron chi connectivity index (χ4n) is 4.03. The lowest BCUT2D eigenvalue weighted by atomic mass is 10.2. The van der Waals surface area contributed by atoms with E-state index in [1.165, 1.54) is 6.07 Å². The zero-order valence-corrected chi connectivity index (χ0v) is 16.0. The molecular formula is C22H22FN3O3. The summed E-state index contributed by atoms with van der Waals surface area (Å²) in [7, 11) is 0. The molecule has 1 saturated carbocycles. The maximum absolute atomic E-state index is 14.9. The SMILES string of the molecule is O=c1c2cc(F)c(N3CCCC3)cc2n(C2CC2)c(=O)n1OCc1ccccc1. The van der Waals surface area contributed by atoms with Crippen molar-refractivity contribution < 1.29 is 9.23 Å². The van der Waals surface area contributed by atoms with Gasteiger partial charge in [0.1, 0.15) is 12.4 Å². The molecule has 0 radical (unpaired) electrons. The lowest BCUT2D eigenvalue weighted by Crippen LogP contribution is -2.43. The fraction of sp³-hybridized carbons (Fsp3) is 0.364. The number of nitrogens with zero attached hydrogens (tertiary/aromatic N) is 3. The highest BCUT2D eigenvalue weighted by Gasteiger charge is 2.30. The van der Waals surface area contributed by atoms with Crippen molar-refractivity contribution in [3.05, 3.63) is 74.7 Å². The first kappa shape index (κ1) is 18.0. The third-order valence-corrected chi connectivity index (χ3v) is 5.68. The summed E-state index contributed by atoms with van der Waals surface area (Å²) >= 11 is 0. The lowest BCUT2D eigenvalue weighted by molar-refractivity contribution is 0.0773. The molecule has 2 aromatic carbocycles. The molecule has 1 aromatic heterocycles. The Morgan fingerprint density at radius 1 is 1.03 bits per heavy atom. The number of hydrogen-bond donors (Lipinski definition) is 0. The highest BCUT2D eigenvalue weighted by atomic mass is 19.1. The minimum atomic E-state index is -0.621. The van der Waals surface area contributed by atoms with Crippen LogP contribution in [0.5, 0.6) is 0 Å². The standard InChI is InChI=1S/C22H22FN3O3/c23-18-12-17-19(13-20(18)24-10-4-5-11-24)25(16-8-9-16)22(28)26(21(17)27)29-14-15-6-2-1-3-7-15/h1-3,6-7,12-13,16H,4-5,8-11,14H2. The Balaban J connectivity index is 1.64. The fourth-order valence-corrected chi connectivity index (χ4v) is 4.03. The molecule has 2 heterocycles. The summed E-state index contributed by atoms with van der Waals surface area (Å²) in [6.07, 6.45) is 3.76. The number of halogens is 1. The molecule has 150 valence electrons.